The van der Waals surface area contributed by atoms with Gasteiger partial charge in [0.1, 0.15) is 5.75 Å². The smallest absolute Gasteiger partial charge is 0.188 e. The molecule has 0 saturated carbocycles. The molecule has 0 aliphatic rings. The maximum Gasteiger partial charge on any atom is 0.188 e. The van der Waals surface area contributed by atoms with Gasteiger partial charge in [-0.3, -0.25) is 0 Å². The van der Waals surface area contributed by atoms with Gasteiger partial charge in [0.2, 0.25) is 0 Å². The summed E-state index contributed by atoms with van der Waals surface area (Å²) in [4.78, 5) is 8.79. The molecule has 114 valence electrons. The normalized spacial score (nSPS) is 10.2. The Labute approximate surface area is 134 Å². The number of rotatable bonds is 8. The fraction of sp³-hybridized carbons (Fsp3) is 0.312. The van der Waals surface area contributed by atoms with E-state index in [4.69, 9.17) is 14.7 Å². The minimum atomic E-state index is 0.425. The van der Waals surface area contributed by atoms with E-state index in [0.717, 1.165) is 27.9 Å². The maximum atomic E-state index is 8.41. The topological polar surface area (TPSA) is 68.0 Å². The molecule has 22 heavy (non-hydrogen) atoms. The molecule has 1 aromatic heterocycles. The first-order valence-corrected chi connectivity index (χ1v) is 7.87. The molecule has 0 aliphatic carbocycles. The molecule has 0 amide bonds. The lowest BCUT2D eigenvalue weighted by molar-refractivity contribution is 0.156. The number of benzene rings is 1. The van der Waals surface area contributed by atoms with Crippen LogP contribution in [0.25, 0.3) is 11.3 Å². The van der Waals surface area contributed by atoms with Crippen LogP contribution in [0.5, 0.6) is 5.75 Å². The number of hydrogen-bond donors (Lipinski definition) is 0. The summed E-state index contributed by atoms with van der Waals surface area (Å²) in [5, 5.41) is 9.13. The van der Waals surface area contributed by atoms with Crippen LogP contribution in [0.2, 0.25) is 0 Å². The zero-order chi connectivity index (χ0) is 15.6. The fourth-order valence-electron chi connectivity index (χ4n) is 1.74. The monoisotopic (exact) mass is 315 g/mol. The first-order valence-electron chi connectivity index (χ1n) is 6.88. The summed E-state index contributed by atoms with van der Waals surface area (Å²) < 4.78 is 10.5. The predicted octanol–water partition coefficient (Wildman–Crippen LogP) is 3.17. The molecule has 5 nitrogen and oxygen atoms in total. The molecule has 1 aromatic carbocycles. The molecule has 2 aromatic rings. The Morgan fingerprint density at radius 1 is 1.18 bits per heavy atom. The van der Waals surface area contributed by atoms with Crippen LogP contribution in [0.15, 0.2) is 41.7 Å². The van der Waals surface area contributed by atoms with Gasteiger partial charge in [0.05, 0.1) is 38.5 Å². The first kappa shape index (κ1) is 16.3. The molecule has 0 fully saturated rings. The molecule has 0 spiro atoms. The SMILES string of the molecule is COc1ccc(-c2ccnc(SCCOCCC#N)n2)cc1. The van der Waals surface area contributed by atoms with Crippen LogP contribution in [-0.2, 0) is 4.74 Å². The van der Waals surface area contributed by atoms with Gasteiger partial charge in [-0.15, -0.1) is 0 Å². The molecule has 0 aliphatic heterocycles. The van der Waals surface area contributed by atoms with Gasteiger partial charge in [-0.25, -0.2) is 9.97 Å². The summed E-state index contributed by atoms with van der Waals surface area (Å²) in [5.41, 5.74) is 1.90. The van der Waals surface area contributed by atoms with Crippen molar-refractivity contribution in [1.82, 2.24) is 9.97 Å². The number of thioether (sulfide) groups is 1. The number of hydrogen-bond acceptors (Lipinski definition) is 6. The number of nitriles is 1. The average molecular weight is 315 g/mol. The van der Waals surface area contributed by atoms with Crippen LogP contribution in [-0.4, -0.2) is 36.0 Å². The largest absolute Gasteiger partial charge is 0.497 e. The molecule has 0 unspecified atom stereocenters. The second-order valence-corrected chi connectivity index (χ2v) is 5.38. The van der Waals surface area contributed by atoms with Crippen molar-refractivity contribution in [3.8, 4) is 23.1 Å². The summed E-state index contributed by atoms with van der Waals surface area (Å²) in [6, 6.07) is 11.7. The van der Waals surface area contributed by atoms with Gasteiger partial charge in [0.15, 0.2) is 5.16 Å². The Balaban J connectivity index is 1.90. The standard InChI is InChI=1S/C16H17N3O2S/c1-20-14-5-3-13(4-6-14)15-7-9-18-16(19-15)22-12-11-21-10-2-8-17/h3-7,9H,2,10-12H2,1H3. The van der Waals surface area contributed by atoms with Gasteiger partial charge in [0.25, 0.3) is 0 Å². The third-order valence-corrected chi connectivity index (χ3v) is 3.66. The van der Waals surface area contributed by atoms with Crippen LogP contribution in [0.3, 0.4) is 0 Å². The lowest BCUT2D eigenvalue weighted by Crippen LogP contribution is -1.99. The van der Waals surface area contributed by atoms with Crippen molar-refractivity contribution >= 4 is 11.8 Å². The molecule has 0 N–H and O–H groups in total. The van der Waals surface area contributed by atoms with Crippen LogP contribution in [0, 0.1) is 11.3 Å². The summed E-state index contributed by atoms with van der Waals surface area (Å²) in [6.45, 7) is 1.06. The molecule has 0 radical (unpaired) electrons. The first-order chi connectivity index (χ1) is 10.8. The second kappa shape index (κ2) is 9.03. The van der Waals surface area contributed by atoms with Crippen LogP contribution < -0.4 is 4.74 Å². The Hall–Kier alpha value is -2.10. The van der Waals surface area contributed by atoms with E-state index in [2.05, 4.69) is 9.97 Å². The molecular formula is C16H17N3O2S. The van der Waals surface area contributed by atoms with E-state index in [1.54, 1.807) is 25.1 Å². The van der Waals surface area contributed by atoms with Gasteiger partial charge >= 0.3 is 0 Å². The zero-order valence-corrected chi connectivity index (χ0v) is 13.2. The predicted molar refractivity (Wildman–Crippen MR) is 85.8 cm³/mol. The van der Waals surface area contributed by atoms with Crippen molar-refractivity contribution in [1.29, 1.82) is 5.26 Å². The van der Waals surface area contributed by atoms with Gasteiger partial charge in [-0.1, -0.05) is 11.8 Å². The van der Waals surface area contributed by atoms with Gasteiger partial charge < -0.3 is 9.47 Å². The van der Waals surface area contributed by atoms with E-state index in [9.17, 15) is 0 Å². The third-order valence-electron chi connectivity index (χ3n) is 2.84. The zero-order valence-electron chi connectivity index (χ0n) is 12.4. The fourth-order valence-corrected chi connectivity index (χ4v) is 2.43. The van der Waals surface area contributed by atoms with E-state index >= 15 is 0 Å². The Bertz CT molecular complexity index is 626. The van der Waals surface area contributed by atoms with Crippen LogP contribution >= 0.6 is 11.8 Å². The summed E-state index contributed by atoms with van der Waals surface area (Å²) >= 11 is 1.54. The van der Waals surface area contributed by atoms with Crippen molar-refractivity contribution < 1.29 is 9.47 Å². The summed E-state index contributed by atoms with van der Waals surface area (Å²) in [7, 11) is 1.65. The second-order valence-electron chi connectivity index (χ2n) is 4.32. The van der Waals surface area contributed by atoms with Crippen molar-refractivity contribution in [2.75, 3.05) is 26.1 Å². The van der Waals surface area contributed by atoms with Gasteiger partial charge in [0, 0.05) is 17.5 Å². The highest BCUT2D eigenvalue weighted by atomic mass is 32.2. The highest BCUT2D eigenvalue weighted by molar-refractivity contribution is 7.99. The molecule has 6 heteroatoms. The lowest BCUT2D eigenvalue weighted by Gasteiger charge is -2.05. The summed E-state index contributed by atoms with van der Waals surface area (Å²) in [5.74, 6) is 1.58. The van der Waals surface area contributed by atoms with E-state index in [0.29, 0.717) is 19.6 Å². The third kappa shape index (κ3) is 5.02. The minimum Gasteiger partial charge on any atom is -0.497 e. The maximum absolute atomic E-state index is 8.41. The molecule has 0 saturated heterocycles. The van der Waals surface area contributed by atoms with Gasteiger partial charge in [-0.2, -0.15) is 5.26 Å². The number of nitrogens with zero attached hydrogens (tertiary/aromatic N) is 3. The molecule has 1 heterocycles. The van der Waals surface area contributed by atoms with Crippen molar-refractivity contribution in [2.45, 2.75) is 11.6 Å². The van der Waals surface area contributed by atoms with Crippen molar-refractivity contribution in [2.24, 2.45) is 0 Å². The quantitative estimate of drug-likeness (QED) is 0.423. The average Bonchev–Trinajstić information content (AvgIpc) is 2.58. The Morgan fingerprint density at radius 2 is 2.00 bits per heavy atom. The van der Waals surface area contributed by atoms with Crippen molar-refractivity contribution in [3.63, 3.8) is 0 Å². The van der Waals surface area contributed by atoms with Gasteiger partial charge in [-0.05, 0) is 30.3 Å². The Kier molecular flexibility index (Phi) is 6.68. The van der Waals surface area contributed by atoms with Crippen LogP contribution in [0.4, 0.5) is 0 Å². The molecule has 2 rings (SSSR count). The number of ether oxygens (including phenoxy) is 2. The van der Waals surface area contributed by atoms with E-state index in [1.165, 1.54) is 0 Å². The van der Waals surface area contributed by atoms with Crippen molar-refractivity contribution in [3.05, 3.63) is 36.5 Å². The lowest BCUT2D eigenvalue weighted by atomic mass is 10.1. The molecular weight excluding hydrogens is 298 g/mol. The molecule has 0 bridgehead atoms. The number of methoxy groups -OCH3 is 1. The molecule has 0 atom stereocenters. The number of aromatic nitrogens is 2. The van der Waals surface area contributed by atoms with E-state index < -0.39 is 0 Å². The van der Waals surface area contributed by atoms with E-state index in [-0.39, 0.29) is 0 Å². The minimum absolute atomic E-state index is 0.425. The summed E-state index contributed by atoms with van der Waals surface area (Å²) in [6.07, 6.45) is 2.18. The Morgan fingerprint density at radius 3 is 2.73 bits per heavy atom. The highest BCUT2D eigenvalue weighted by Gasteiger charge is 2.03. The van der Waals surface area contributed by atoms with Crippen LogP contribution in [0.1, 0.15) is 6.42 Å². The highest BCUT2D eigenvalue weighted by Crippen LogP contribution is 2.22. The van der Waals surface area contributed by atoms with E-state index in [1.807, 2.05) is 36.4 Å².